The molecular weight excluding hydrogens is 382 g/mol. The van der Waals surface area contributed by atoms with Crippen molar-refractivity contribution in [3.05, 3.63) is 29.8 Å². The number of hydrogen-bond donors (Lipinski definition) is 0. The third-order valence-electron chi connectivity index (χ3n) is 7.61. The number of rotatable bonds is 3. The number of amides is 3. The SMILES string of the molecule is COc1cccc(CC(=O)N2CCC3(CC2)CN(C(C)=O)CC32CCN(C)C2=O)c1. The van der Waals surface area contributed by atoms with Crippen molar-refractivity contribution in [3.8, 4) is 5.75 Å². The number of ether oxygens (including phenoxy) is 1. The van der Waals surface area contributed by atoms with Gasteiger partial charge in [-0.05, 0) is 37.0 Å². The molecule has 7 heteroatoms. The first-order chi connectivity index (χ1) is 14.3. The largest absolute Gasteiger partial charge is 0.497 e. The van der Waals surface area contributed by atoms with E-state index in [-0.39, 0.29) is 23.1 Å². The first kappa shape index (κ1) is 20.7. The normalized spacial score (nSPS) is 25.4. The minimum absolute atomic E-state index is 0.0325. The molecule has 3 aliphatic heterocycles. The van der Waals surface area contributed by atoms with Crippen molar-refractivity contribution >= 4 is 17.7 Å². The predicted octanol–water partition coefficient (Wildman–Crippen LogP) is 1.56. The Hall–Kier alpha value is -2.57. The molecular formula is C23H31N3O4. The summed E-state index contributed by atoms with van der Waals surface area (Å²) < 4.78 is 5.25. The van der Waals surface area contributed by atoms with Gasteiger partial charge in [-0.3, -0.25) is 14.4 Å². The van der Waals surface area contributed by atoms with E-state index >= 15 is 0 Å². The smallest absolute Gasteiger partial charge is 0.231 e. The predicted molar refractivity (Wildman–Crippen MR) is 112 cm³/mol. The Morgan fingerprint density at radius 2 is 1.80 bits per heavy atom. The number of likely N-dealkylation sites (tertiary alicyclic amines) is 3. The van der Waals surface area contributed by atoms with E-state index in [9.17, 15) is 14.4 Å². The van der Waals surface area contributed by atoms with Crippen LogP contribution in [-0.4, -0.2) is 79.3 Å². The highest BCUT2D eigenvalue weighted by atomic mass is 16.5. The van der Waals surface area contributed by atoms with Crippen molar-refractivity contribution in [2.24, 2.45) is 10.8 Å². The van der Waals surface area contributed by atoms with Crippen molar-refractivity contribution in [1.82, 2.24) is 14.7 Å². The van der Waals surface area contributed by atoms with Gasteiger partial charge in [-0.1, -0.05) is 12.1 Å². The summed E-state index contributed by atoms with van der Waals surface area (Å²) in [4.78, 5) is 43.8. The van der Waals surface area contributed by atoms with Crippen LogP contribution in [0.4, 0.5) is 0 Å². The van der Waals surface area contributed by atoms with E-state index in [1.807, 2.05) is 46.0 Å². The van der Waals surface area contributed by atoms with Crippen LogP contribution in [-0.2, 0) is 20.8 Å². The van der Waals surface area contributed by atoms with Gasteiger partial charge in [-0.2, -0.15) is 0 Å². The summed E-state index contributed by atoms with van der Waals surface area (Å²) in [6.07, 6.45) is 2.67. The molecule has 7 nitrogen and oxygen atoms in total. The fourth-order valence-electron chi connectivity index (χ4n) is 5.75. The van der Waals surface area contributed by atoms with E-state index in [1.165, 1.54) is 0 Å². The molecule has 3 heterocycles. The van der Waals surface area contributed by atoms with Crippen molar-refractivity contribution in [3.63, 3.8) is 0 Å². The van der Waals surface area contributed by atoms with Crippen LogP contribution in [0.5, 0.6) is 5.75 Å². The minimum Gasteiger partial charge on any atom is -0.497 e. The number of fused-ring (bicyclic) bond motifs is 1. The zero-order valence-electron chi connectivity index (χ0n) is 18.1. The lowest BCUT2D eigenvalue weighted by atomic mass is 9.60. The molecule has 1 aromatic carbocycles. The Kier molecular flexibility index (Phi) is 5.24. The molecule has 3 amide bonds. The van der Waals surface area contributed by atoms with Crippen LogP contribution in [0.3, 0.4) is 0 Å². The molecule has 3 fully saturated rings. The van der Waals surface area contributed by atoms with Crippen molar-refractivity contribution < 1.29 is 19.1 Å². The molecule has 3 aliphatic rings. The molecule has 4 rings (SSSR count). The highest BCUT2D eigenvalue weighted by Crippen LogP contribution is 2.57. The second-order valence-electron chi connectivity index (χ2n) is 9.12. The maximum Gasteiger partial charge on any atom is 0.231 e. The summed E-state index contributed by atoms with van der Waals surface area (Å²) in [6, 6.07) is 7.60. The van der Waals surface area contributed by atoms with Crippen LogP contribution < -0.4 is 4.74 Å². The Balaban J connectivity index is 1.48. The van der Waals surface area contributed by atoms with Gasteiger partial charge in [0, 0.05) is 52.1 Å². The third-order valence-corrected chi connectivity index (χ3v) is 7.61. The van der Waals surface area contributed by atoms with E-state index < -0.39 is 5.41 Å². The molecule has 3 saturated heterocycles. The van der Waals surface area contributed by atoms with Gasteiger partial charge in [0.2, 0.25) is 17.7 Å². The van der Waals surface area contributed by atoms with Crippen LogP contribution in [0, 0.1) is 10.8 Å². The molecule has 0 radical (unpaired) electrons. The number of carbonyl (C=O) groups excluding carboxylic acids is 3. The fraction of sp³-hybridized carbons (Fsp3) is 0.609. The molecule has 162 valence electrons. The third kappa shape index (κ3) is 3.24. The van der Waals surface area contributed by atoms with Crippen LogP contribution >= 0.6 is 0 Å². The quantitative estimate of drug-likeness (QED) is 0.754. The molecule has 0 aliphatic carbocycles. The van der Waals surface area contributed by atoms with E-state index in [4.69, 9.17) is 4.74 Å². The van der Waals surface area contributed by atoms with E-state index in [1.54, 1.807) is 14.0 Å². The van der Waals surface area contributed by atoms with Gasteiger partial charge in [0.05, 0.1) is 18.9 Å². The Bertz CT molecular complexity index is 862. The Labute approximate surface area is 177 Å². The number of benzene rings is 1. The van der Waals surface area contributed by atoms with Gasteiger partial charge < -0.3 is 19.4 Å². The molecule has 0 aromatic heterocycles. The monoisotopic (exact) mass is 413 g/mol. The van der Waals surface area contributed by atoms with Crippen LogP contribution in [0.25, 0.3) is 0 Å². The number of carbonyl (C=O) groups is 3. The highest BCUT2D eigenvalue weighted by Gasteiger charge is 2.65. The number of piperidine rings is 1. The van der Waals surface area contributed by atoms with E-state index in [0.29, 0.717) is 32.6 Å². The van der Waals surface area contributed by atoms with Gasteiger partial charge >= 0.3 is 0 Å². The second-order valence-corrected chi connectivity index (χ2v) is 9.12. The summed E-state index contributed by atoms with van der Waals surface area (Å²) in [7, 11) is 3.47. The van der Waals surface area contributed by atoms with Crippen LogP contribution in [0.2, 0.25) is 0 Å². The van der Waals surface area contributed by atoms with E-state index in [0.717, 1.165) is 37.1 Å². The van der Waals surface area contributed by atoms with Gasteiger partial charge in [0.1, 0.15) is 5.75 Å². The molecule has 1 atom stereocenters. The molecule has 2 spiro atoms. The maximum absolute atomic E-state index is 13.2. The molecule has 0 N–H and O–H groups in total. The lowest BCUT2D eigenvalue weighted by Crippen LogP contribution is -2.53. The zero-order valence-corrected chi connectivity index (χ0v) is 18.1. The van der Waals surface area contributed by atoms with Crippen LogP contribution in [0.1, 0.15) is 31.7 Å². The number of hydrogen-bond acceptors (Lipinski definition) is 4. The molecule has 0 saturated carbocycles. The molecule has 0 bridgehead atoms. The molecule has 1 aromatic rings. The lowest BCUT2D eigenvalue weighted by Gasteiger charge is -2.46. The van der Waals surface area contributed by atoms with Crippen molar-refractivity contribution in [1.29, 1.82) is 0 Å². The van der Waals surface area contributed by atoms with Gasteiger partial charge in [0.25, 0.3) is 0 Å². The Morgan fingerprint density at radius 3 is 2.40 bits per heavy atom. The summed E-state index contributed by atoms with van der Waals surface area (Å²) in [5.74, 6) is 1.05. The Morgan fingerprint density at radius 1 is 1.07 bits per heavy atom. The summed E-state index contributed by atoms with van der Waals surface area (Å²) in [5, 5.41) is 0. The maximum atomic E-state index is 13.2. The van der Waals surface area contributed by atoms with Gasteiger partial charge in [0.15, 0.2) is 0 Å². The number of nitrogens with zero attached hydrogens (tertiary/aromatic N) is 3. The van der Waals surface area contributed by atoms with E-state index in [2.05, 4.69) is 0 Å². The van der Waals surface area contributed by atoms with Gasteiger partial charge in [-0.15, -0.1) is 0 Å². The van der Waals surface area contributed by atoms with Crippen molar-refractivity contribution in [2.45, 2.75) is 32.6 Å². The molecule has 1 unspecified atom stereocenters. The summed E-state index contributed by atoms with van der Waals surface area (Å²) in [5.41, 5.74) is 0.218. The van der Waals surface area contributed by atoms with Crippen LogP contribution in [0.15, 0.2) is 24.3 Å². The minimum atomic E-state index is -0.491. The lowest BCUT2D eigenvalue weighted by molar-refractivity contribution is -0.143. The van der Waals surface area contributed by atoms with Crippen molar-refractivity contribution in [2.75, 3.05) is 46.9 Å². The topological polar surface area (TPSA) is 70.2 Å². The highest BCUT2D eigenvalue weighted by molar-refractivity contribution is 5.88. The summed E-state index contributed by atoms with van der Waals surface area (Å²) >= 11 is 0. The first-order valence-electron chi connectivity index (χ1n) is 10.7. The number of methoxy groups -OCH3 is 1. The first-order valence-corrected chi connectivity index (χ1v) is 10.7. The fourth-order valence-corrected chi connectivity index (χ4v) is 5.75. The molecule has 30 heavy (non-hydrogen) atoms. The average molecular weight is 414 g/mol. The van der Waals surface area contributed by atoms with Gasteiger partial charge in [-0.25, -0.2) is 0 Å². The second kappa shape index (κ2) is 7.60. The zero-order chi connectivity index (χ0) is 21.5. The average Bonchev–Trinajstić information content (AvgIpc) is 3.21. The standard InChI is InChI=1S/C23H31N3O4/c1-17(27)26-15-22(23(16-26)9-10-24(2)21(23)29)7-11-25(12-8-22)20(28)14-18-5-4-6-19(13-18)30-3/h4-6,13H,7-12,14-16H2,1-3H3. The summed E-state index contributed by atoms with van der Waals surface area (Å²) in [6.45, 7) is 4.73.